The van der Waals surface area contributed by atoms with Crippen LogP contribution in [-0.4, -0.2) is 18.3 Å². The van der Waals surface area contributed by atoms with E-state index < -0.39 is 0 Å². The Hall–Kier alpha value is -3.66. The molecule has 1 aliphatic heterocycles. The Morgan fingerprint density at radius 3 is 2.45 bits per heavy atom. The Balaban J connectivity index is 1.57. The molecule has 4 heteroatoms. The second kappa shape index (κ2) is 8.15. The molecule has 3 aromatic carbocycles. The summed E-state index contributed by atoms with van der Waals surface area (Å²) in [6.07, 6.45) is 0.690. The van der Waals surface area contributed by atoms with E-state index in [1.54, 1.807) is 30.3 Å². The van der Waals surface area contributed by atoms with Gasteiger partial charge in [0.1, 0.15) is 12.4 Å². The fourth-order valence-electron chi connectivity index (χ4n) is 3.41. The third-order valence-electron chi connectivity index (χ3n) is 4.91. The van der Waals surface area contributed by atoms with Gasteiger partial charge in [-0.1, -0.05) is 55.1 Å². The molecule has 1 N–H and O–H groups in total. The maximum absolute atomic E-state index is 13.2. The van der Waals surface area contributed by atoms with Crippen LogP contribution in [0.1, 0.15) is 37.4 Å². The summed E-state index contributed by atoms with van der Waals surface area (Å²) in [6, 6.07) is 22.0. The minimum atomic E-state index is -0.271. The lowest BCUT2D eigenvalue weighted by Crippen LogP contribution is -2.25. The van der Waals surface area contributed by atoms with Crippen LogP contribution < -0.4 is 10.1 Å². The van der Waals surface area contributed by atoms with Crippen molar-refractivity contribution in [3.8, 4) is 5.75 Å². The third kappa shape index (κ3) is 4.11. The van der Waals surface area contributed by atoms with Crippen LogP contribution in [0.4, 0.5) is 0 Å². The van der Waals surface area contributed by atoms with Crippen molar-refractivity contribution in [1.82, 2.24) is 5.32 Å². The van der Waals surface area contributed by atoms with Gasteiger partial charge in [0.25, 0.3) is 5.91 Å². The number of hydrogen-bond acceptors (Lipinski definition) is 3. The number of carbonyl (C=O) groups is 2. The molecular formula is C25H21NO3. The Labute approximate surface area is 169 Å². The highest BCUT2D eigenvalue weighted by Gasteiger charge is 2.20. The number of amides is 1. The average molecular weight is 383 g/mol. The molecule has 4 nitrogen and oxygen atoms in total. The highest BCUT2D eigenvalue weighted by Crippen LogP contribution is 2.28. The van der Waals surface area contributed by atoms with E-state index in [4.69, 9.17) is 4.74 Å². The minimum absolute atomic E-state index is 0.186. The van der Waals surface area contributed by atoms with Gasteiger partial charge >= 0.3 is 0 Å². The van der Waals surface area contributed by atoms with Gasteiger partial charge in [0.15, 0.2) is 5.78 Å². The Morgan fingerprint density at radius 1 is 0.931 bits per heavy atom. The second-order valence-corrected chi connectivity index (χ2v) is 7.08. The zero-order valence-corrected chi connectivity index (χ0v) is 16.0. The maximum Gasteiger partial charge on any atom is 0.252 e. The van der Waals surface area contributed by atoms with Gasteiger partial charge in [-0.15, -0.1) is 0 Å². The lowest BCUT2D eigenvalue weighted by molar-refractivity contribution is 0.0939. The average Bonchev–Trinajstić information content (AvgIpc) is 2.77. The molecule has 0 unspecified atom stereocenters. The molecule has 0 aromatic heterocycles. The zero-order valence-electron chi connectivity index (χ0n) is 16.0. The predicted molar refractivity (Wildman–Crippen MR) is 112 cm³/mol. The minimum Gasteiger partial charge on any atom is -0.489 e. The zero-order chi connectivity index (χ0) is 20.2. The number of fused-ring (bicyclic) bond motifs is 1. The Bertz CT molecular complexity index is 1090. The van der Waals surface area contributed by atoms with Crippen LogP contribution in [0.15, 0.2) is 84.9 Å². The molecule has 0 bridgehead atoms. The number of benzene rings is 3. The Morgan fingerprint density at radius 2 is 1.66 bits per heavy atom. The molecule has 1 aliphatic rings. The molecule has 0 aliphatic carbocycles. The van der Waals surface area contributed by atoms with Gasteiger partial charge in [-0.3, -0.25) is 9.59 Å². The monoisotopic (exact) mass is 383 g/mol. The van der Waals surface area contributed by atoms with Gasteiger partial charge in [-0.2, -0.15) is 0 Å². The molecule has 0 saturated heterocycles. The first-order valence-electron chi connectivity index (χ1n) is 9.50. The molecular weight excluding hydrogens is 362 g/mol. The van der Waals surface area contributed by atoms with Gasteiger partial charge in [-0.05, 0) is 41.0 Å². The van der Waals surface area contributed by atoms with E-state index >= 15 is 0 Å². The van der Waals surface area contributed by atoms with E-state index in [1.165, 1.54) is 0 Å². The molecule has 0 radical (unpaired) electrons. The fraction of sp³-hybridized carbons (Fsp3) is 0.120. The standard InChI is InChI=1S/C25H21NO3/c1-17-13-20-14-19(11-12-23(20)29-16-17)24(27)21-9-5-6-10-22(21)25(28)26-15-18-7-3-2-4-8-18/h2-12,14H,1,13,15-16H2,(H,26,28). The van der Waals surface area contributed by atoms with Crippen molar-refractivity contribution in [1.29, 1.82) is 0 Å². The van der Waals surface area contributed by atoms with Crippen LogP contribution in [-0.2, 0) is 13.0 Å². The molecule has 0 atom stereocenters. The molecule has 3 aromatic rings. The Kier molecular flexibility index (Phi) is 5.25. The summed E-state index contributed by atoms with van der Waals surface area (Å²) < 4.78 is 5.64. The molecule has 0 spiro atoms. The molecule has 144 valence electrons. The first kappa shape index (κ1) is 18.7. The number of nitrogens with one attached hydrogen (secondary N) is 1. The van der Waals surface area contributed by atoms with Crippen molar-refractivity contribution in [2.75, 3.05) is 6.61 Å². The third-order valence-corrected chi connectivity index (χ3v) is 4.91. The van der Waals surface area contributed by atoms with Crippen LogP contribution in [0.2, 0.25) is 0 Å². The van der Waals surface area contributed by atoms with Gasteiger partial charge in [0, 0.05) is 24.1 Å². The van der Waals surface area contributed by atoms with E-state index in [2.05, 4.69) is 11.9 Å². The van der Waals surface area contributed by atoms with Crippen LogP contribution in [0.5, 0.6) is 5.75 Å². The van der Waals surface area contributed by atoms with E-state index in [-0.39, 0.29) is 11.7 Å². The summed E-state index contributed by atoms with van der Waals surface area (Å²) in [6.45, 7) is 4.87. The van der Waals surface area contributed by atoms with Crippen molar-refractivity contribution in [2.45, 2.75) is 13.0 Å². The van der Waals surface area contributed by atoms with E-state index in [0.29, 0.717) is 36.3 Å². The van der Waals surface area contributed by atoms with Crippen molar-refractivity contribution in [3.05, 3.63) is 113 Å². The van der Waals surface area contributed by atoms with Crippen LogP contribution in [0.3, 0.4) is 0 Å². The van der Waals surface area contributed by atoms with Crippen molar-refractivity contribution in [2.24, 2.45) is 0 Å². The van der Waals surface area contributed by atoms with Gasteiger partial charge in [-0.25, -0.2) is 0 Å². The molecule has 4 rings (SSSR count). The molecule has 0 fully saturated rings. The SMILES string of the molecule is C=C1COc2ccc(C(=O)c3ccccc3C(=O)NCc3ccccc3)cc2C1. The number of carbonyl (C=O) groups excluding carboxylic acids is 2. The summed E-state index contributed by atoms with van der Waals surface area (Å²) in [4.78, 5) is 25.9. The molecule has 1 heterocycles. The first-order valence-corrected chi connectivity index (χ1v) is 9.50. The van der Waals surface area contributed by atoms with Crippen molar-refractivity contribution >= 4 is 11.7 Å². The quantitative estimate of drug-likeness (QED) is 0.527. The predicted octanol–water partition coefficient (Wildman–Crippen LogP) is 4.34. The smallest absolute Gasteiger partial charge is 0.252 e. The van der Waals surface area contributed by atoms with Crippen LogP contribution >= 0.6 is 0 Å². The summed E-state index contributed by atoms with van der Waals surface area (Å²) in [5, 5.41) is 2.89. The number of hydrogen-bond donors (Lipinski definition) is 1. The molecule has 0 saturated carbocycles. The molecule has 29 heavy (non-hydrogen) atoms. The van der Waals surface area contributed by atoms with Crippen molar-refractivity contribution in [3.63, 3.8) is 0 Å². The largest absolute Gasteiger partial charge is 0.489 e. The number of ketones is 1. The lowest BCUT2D eigenvalue weighted by Gasteiger charge is -2.19. The highest BCUT2D eigenvalue weighted by atomic mass is 16.5. The lowest BCUT2D eigenvalue weighted by atomic mass is 9.94. The normalized spacial score (nSPS) is 12.6. The topological polar surface area (TPSA) is 55.4 Å². The number of ether oxygens (including phenoxy) is 1. The highest BCUT2D eigenvalue weighted by molar-refractivity contribution is 6.15. The summed E-state index contributed by atoms with van der Waals surface area (Å²) in [5.41, 5.74) is 4.20. The van der Waals surface area contributed by atoms with Gasteiger partial charge in [0.05, 0.1) is 5.56 Å². The van der Waals surface area contributed by atoms with E-state index in [1.807, 2.05) is 42.5 Å². The van der Waals surface area contributed by atoms with Crippen molar-refractivity contribution < 1.29 is 14.3 Å². The fourth-order valence-corrected chi connectivity index (χ4v) is 3.41. The summed E-state index contributed by atoms with van der Waals surface area (Å²) in [7, 11) is 0. The maximum atomic E-state index is 13.2. The van der Waals surface area contributed by atoms with Gasteiger partial charge < -0.3 is 10.1 Å². The van der Waals surface area contributed by atoms with Crippen LogP contribution in [0, 0.1) is 0 Å². The van der Waals surface area contributed by atoms with Crippen LogP contribution in [0.25, 0.3) is 0 Å². The summed E-state index contributed by atoms with van der Waals surface area (Å²) >= 11 is 0. The summed E-state index contributed by atoms with van der Waals surface area (Å²) in [5.74, 6) is 0.324. The van der Waals surface area contributed by atoms with Gasteiger partial charge in [0.2, 0.25) is 0 Å². The number of rotatable bonds is 5. The first-order chi connectivity index (χ1) is 14.1. The van der Waals surface area contributed by atoms with E-state index in [0.717, 1.165) is 22.4 Å². The second-order valence-electron chi connectivity index (χ2n) is 7.08. The van der Waals surface area contributed by atoms with E-state index in [9.17, 15) is 9.59 Å². The molecule has 1 amide bonds.